The maximum absolute atomic E-state index is 13.1. The lowest BCUT2D eigenvalue weighted by Crippen LogP contribution is -2.32. The lowest BCUT2D eigenvalue weighted by Gasteiger charge is -2.30. The highest BCUT2D eigenvalue weighted by Gasteiger charge is 2.44. The highest BCUT2D eigenvalue weighted by molar-refractivity contribution is 6.30. The van der Waals surface area contributed by atoms with E-state index in [2.05, 4.69) is 4.99 Å². The van der Waals surface area contributed by atoms with E-state index in [1.54, 1.807) is 19.1 Å². The summed E-state index contributed by atoms with van der Waals surface area (Å²) in [5.74, 6) is -0.787. The molecule has 2 aromatic carbocycles. The molecule has 1 aliphatic heterocycles. The van der Waals surface area contributed by atoms with E-state index in [1.165, 1.54) is 0 Å². The fourth-order valence-electron chi connectivity index (χ4n) is 3.91. The topological polar surface area (TPSA) is 46.5 Å². The molecule has 0 N–H and O–H groups in total. The van der Waals surface area contributed by atoms with Crippen LogP contribution in [-0.2, 0) is 4.79 Å². The Balaban J connectivity index is 1.96. The Morgan fingerprint density at radius 3 is 2.32 bits per heavy atom. The molecule has 0 fully saturated rings. The molecular weight excluding hydrogens is 334 g/mol. The van der Waals surface area contributed by atoms with Crippen LogP contribution in [0.2, 0.25) is 5.02 Å². The molecule has 0 radical (unpaired) electrons. The number of benzene rings is 2. The van der Waals surface area contributed by atoms with Crippen molar-refractivity contribution in [2.45, 2.75) is 19.8 Å². The summed E-state index contributed by atoms with van der Waals surface area (Å²) in [5.41, 5.74) is 4.49. The van der Waals surface area contributed by atoms with Gasteiger partial charge in [-0.2, -0.15) is 0 Å². The van der Waals surface area contributed by atoms with Gasteiger partial charge in [-0.1, -0.05) is 48.0 Å². The average molecular weight is 350 g/mol. The standard InChI is InChI=1S/C21H16ClNO2/c1-11-17(12(2)24)18(13-7-9-14(22)10-8-13)19-20(23-11)15-5-3-4-6-16(15)21(19)25/h3-10,17-18H,1-2H3/t17?,18-/m0/s1. The van der Waals surface area contributed by atoms with Crippen LogP contribution in [0.4, 0.5) is 0 Å². The number of Topliss-reactive ketones (excluding diaryl/α,β-unsaturated/α-hetero) is 2. The first-order valence-electron chi connectivity index (χ1n) is 8.18. The van der Waals surface area contributed by atoms with Crippen LogP contribution in [0.3, 0.4) is 0 Å². The molecule has 124 valence electrons. The molecule has 0 spiro atoms. The summed E-state index contributed by atoms with van der Waals surface area (Å²) in [7, 11) is 0. The number of carbonyl (C=O) groups excluding carboxylic acids is 2. The summed E-state index contributed by atoms with van der Waals surface area (Å²) in [6.07, 6.45) is 0. The number of allylic oxidation sites excluding steroid dienone is 1. The van der Waals surface area contributed by atoms with E-state index >= 15 is 0 Å². The number of fused-ring (bicyclic) bond motifs is 2. The maximum atomic E-state index is 13.1. The molecule has 4 heteroatoms. The molecule has 1 unspecified atom stereocenters. The molecule has 2 atom stereocenters. The summed E-state index contributed by atoms with van der Waals surface area (Å²) < 4.78 is 0. The lowest BCUT2D eigenvalue weighted by atomic mass is 9.73. The Morgan fingerprint density at radius 2 is 1.68 bits per heavy atom. The molecule has 4 rings (SSSR count). The van der Waals surface area contributed by atoms with Gasteiger partial charge >= 0.3 is 0 Å². The van der Waals surface area contributed by atoms with Crippen LogP contribution in [0.15, 0.2) is 59.1 Å². The van der Waals surface area contributed by atoms with Crippen molar-refractivity contribution in [3.05, 3.63) is 75.8 Å². The monoisotopic (exact) mass is 349 g/mol. The number of halogens is 1. The maximum Gasteiger partial charge on any atom is 0.192 e. The van der Waals surface area contributed by atoms with Gasteiger partial charge in [0.2, 0.25) is 0 Å². The third-order valence-corrected chi connectivity index (χ3v) is 5.23. The molecule has 0 bridgehead atoms. The predicted molar refractivity (Wildman–Crippen MR) is 99.2 cm³/mol. The number of carbonyl (C=O) groups is 2. The summed E-state index contributed by atoms with van der Waals surface area (Å²) >= 11 is 6.02. The van der Waals surface area contributed by atoms with Crippen LogP contribution in [-0.4, -0.2) is 17.3 Å². The number of ketones is 2. The number of hydrogen-bond acceptors (Lipinski definition) is 3. The van der Waals surface area contributed by atoms with E-state index in [1.807, 2.05) is 43.3 Å². The number of nitrogens with zero attached hydrogens (tertiary/aromatic N) is 1. The van der Waals surface area contributed by atoms with E-state index in [4.69, 9.17) is 11.6 Å². The van der Waals surface area contributed by atoms with Crippen molar-refractivity contribution in [2.75, 3.05) is 0 Å². The minimum Gasteiger partial charge on any atom is -0.299 e. The van der Waals surface area contributed by atoms with Gasteiger partial charge in [0.05, 0.1) is 11.6 Å². The van der Waals surface area contributed by atoms with Crippen LogP contribution >= 0.6 is 11.6 Å². The molecule has 2 aliphatic rings. The molecule has 0 saturated heterocycles. The second-order valence-electron chi connectivity index (χ2n) is 6.51. The quantitative estimate of drug-likeness (QED) is 0.788. The minimum atomic E-state index is -0.432. The lowest BCUT2D eigenvalue weighted by molar-refractivity contribution is -0.119. The fraction of sp³-hybridized carbons (Fsp3) is 0.190. The smallest absolute Gasteiger partial charge is 0.192 e. The van der Waals surface area contributed by atoms with Crippen molar-refractivity contribution >= 4 is 34.6 Å². The van der Waals surface area contributed by atoms with Crippen molar-refractivity contribution in [3.8, 4) is 0 Å². The number of aliphatic imine (C=N–C) groups is 1. The molecule has 0 aromatic heterocycles. The van der Waals surface area contributed by atoms with Gasteiger partial charge in [0.1, 0.15) is 5.78 Å². The summed E-state index contributed by atoms with van der Waals surface area (Å²) in [4.78, 5) is 30.1. The Bertz CT molecular complexity index is 970. The summed E-state index contributed by atoms with van der Waals surface area (Å²) in [6, 6.07) is 14.9. The molecular formula is C21H16ClNO2. The highest BCUT2D eigenvalue weighted by Crippen LogP contribution is 2.47. The van der Waals surface area contributed by atoms with Crippen LogP contribution in [0, 0.1) is 5.92 Å². The molecule has 1 heterocycles. The average Bonchev–Trinajstić information content (AvgIpc) is 2.87. The summed E-state index contributed by atoms with van der Waals surface area (Å²) in [6.45, 7) is 3.43. The Kier molecular flexibility index (Phi) is 3.69. The van der Waals surface area contributed by atoms with E-state index in [9.17, 15) is 9.59 Å². The number of hydrogen-bond donors (Lipinski definition) is 0. The van der Waals surface area contributed by atoms with Crippen molar-refractivity contribution in [2.24, 2.45) is 10.9 Å². The van der Waals surface area contributed by atoms with Crippen molar-refractivity contribution in [1.29, 1.82) is 0 Å². The second kappa shape index (κ2) is 5.78. The Morgan fingerprint density at radius 1 is 1.04 bits per heavy atom. The molecule has 3 nitrogen and oxygen atoms in total. The van der Waals surface area contributed by atoms with Gasteiger partial charge in [-0.25, -0.2) is 0 Å². The van der Waals surface area contributed by atoms with Gasteiger partial charge in [0.25, 0.3) is 0 Å². The fourth-order valence-corrected chi connectivity index (χ4v) is 4.03. The first kappa shape index (κ1) is 16.0. The van der Waals surface area contributed by atoms with Crippen LogP contribution < -0.4 is 0 Å². The zero-order valence-electron chi connectivity index (χ0n) is 13.9. The first-order chi connectivity index (χ1) is 12.0. The zero-order chi connectivity index (χ0) is 17.7. The third kappa shape index (κ3) is 2.38. The van der Waals surface area contributed by atoms with E-state index in [0.29, 0.717) is 21.9 Å². The molecule has 0 amide bonds. The molecule has 2 aromatic rings. The van der Waals surface area contributed by atoms with Crippen molar-refractivity contribution < 1.29 is 9.59 Å². The van der Waals surface area contributed by atoms with E-state index in [-0.39, 0.29) is 17.5 Å². The molecule has 0 saturated carbocycles. The molecule has 25 heavy (non-hydrogen) atoms. The van der Waals surface area contributed by atoms with Gasteiger partial charge in [0.15, 0.2) is 5.78 Å². The van der Waals surface area contributed by atoms with Crippen LogP contribution in [0.5, 0.6) is 0 Å². The Hall–Kier alpha value is -2.52. The second-order valence-corrected chi connectivity index (χ2v) is 6.94. The predicted octanol–water partition coefficient (Wildman–Crippen LogP) is 4.71. The van der Waals surface area contributed by atoms with Crippen LogP contribution in [0.1, 0.15) is 41.3 Å². The van der Waals surface area contributed by atoms with Crippen molar-refractivity contribution in [3.63, 3.8) is 0 Å². The van der Waals surface area contributed by atoms with Gasteiger partial charge < -0.3 is 0 Å². The van der Waals surface area contributed by atoms with E-state index < -0.39 is 5.92 Å². The normalized spacial score (nSPS) is 21.7. The Labute approximate surface area is 151 Å². The molecule has 1 aliphatic carbocycles. The SMILES string of the molecule is CC(=O)C1C(C)=NC2=C(C(=O)c3ccccc32)[C@H]1c1ccc(Cl)cc1. The minimum absolute atomic E-state index is 0.0107. The largest absolute Gasteiger partial charge is 0.299 e. The first-order valence-corrected chi connectivity index (χ1v) is 8.56. The number of rotatable bonds is 2. The van der Waals surface area contributed by atoms with Crippen molar-refractivity contribution in [1.82, 2.24) is 0 Å². The van der Waals surface area contributed by atoms with Gasteiger partial charge in [0, 0.05) is 33.4 Å². The van der Waals surface area contributed by atoms with Gasteiger partial charge in [-0.05, 0) is 31.5 Å². The summed E-state index contributed by atoms with van der Waals surface area (Å²) in [5, 5.41) is 0.625. The van der Waals surface area contributed by atoms with Gasteiger partial charge in [-0.3, -0.25) is 14.6 Å². The van der Waals surface area contributed by atoms with E-state index in [0.717, 1.165) is 16.8 Å². The van der Waals surface area contributed by atoms with Gasteiger partial charge in [-0.15, -0.1) is 0 Å². The zero-order valence-corrected chi connectivity index (χ0v) is 14.7. The van der Waals surface area contributed by atoms with Crippen LogP contribution in [0.25, 0.3) is 5.70 Å². The third-order valence-electron chi connectivity index (χ3n) is 4.98. The highest BCUT2D eigenvalue weighted by atomic mass is 35.5.